The predicted octanol–water partition coefficient (Wildman–Crippen LogP) is 3.81. The van der Waals surface area contributed by atoms with Gasteiger partial charge in [0, 0.05) is 45.2 Å². The Hall–Kier alpha value is -3.62. The van der Waals surface area contributed by atoms with E-state index in [0.29, 0.717) is 0 Å². The molecular weight excluding hydrogens is 526 g/mol. The molecule has 3 rings (SSSR count). The number of ether oxygens (including phenoxy) is 1. The maximum atomic E-state index is 10.6. The van der Waals surface area contributed by atoms with Gasteiger partial charge in [-0.1, -0.05) is 12.1 Å². The molecule has 0 atom stereocenters. The van der Waals surface area contributed by atoms with Gasteiger partial charge in [0.05, 0.1) is 12.8 Å². The maximum Gasteiger partial charge on any atom is 0.490 e. The van der Waals surface area contributed by atoms with E-state index in [1.54, 1.807) is 13.4 Å². The van der Waals surface area contributed by atoms with Crippen LogP contribution in [0.2, 0.25) is 0 Å². The molecule has 0 unspecified atom stereocenters. The molecule has 212 valence electrons. The standard InChI is InChI=1S/C19H26N4O.2C2HF3O2/c1-4-22(2)19-17-9-11-23(12-10-18(17)20-14-21-19)13-15-5-7-16(24-3)8-6-15;2*3-2(4,5)1(6)7/h5-8,14H,4,9-13H2,1-3H3;2*(H,6,7). The van der Waals surface area contributed by atoms with E-state index in [0.717, 1.165) is 50.6 Å². The van der Waals surface area contributed by atoms with E-state index in [-0.39, 0.29) is 0 Å². The molecule has 0 fully saturated rings. The molecule has 0 aliphatic carbocycles. The molecule has 0 spiro atoms. The molecule has 1 aromatic heterocycles. The molecule has 2 aromatic rings. The van der Waals surface area contributed by atoms with Crippen LogP contribution < -0.4 is 9.64 Å². The highest BCUT2D eigenvalue weighted by molar-refractivity contribution is 5.73. The number of hydrogen-bond acceptors (Lipinski definition) is 7. The van der Waals surface area contributed by atoms with Gasteiger partial charge in [-0.15, -0.1) is 0 Å². The maximum absolute atomic E-state index is 10.6. The number of nitrogens with zero attached hydrogens (tertiary/aromatic N) is 4. The Morgan fingerprint density at radius 1 is 0.974 bits per heavy atom. The highest BCUT2D eigenvalue weighted by Crippen LogP contribution is 2.24. The van der Waals surface area contributed by atoms with E-state index in [1.165, 1.54) is 16.8 Å². The lowest BCUT2D eigenvalue weighted by Crippen LogP contribution is -2.26. The number of aromatic nitrogens is 2. The molecule has 15 heteroatoms. The average molecular weight is 554 g/mol. The van der Waals surface area contributed by atoms with Gasteiger partial charge >= 0.3 is 24.3 Å². The average Bonchev–Trinajstić information content (AvgIpc) is 3.06. The van der Waals surface area contributed by atoms with Crippen molar-refractivity contribution >= 4 is 17.8 Å². The number of hydrogen-bond donors (Lipinski definition) is 2. The van der Waals surface area contributed by atoms with Crippen molar-refractivity contribution in [3.63, 3.8) is 0 Å². The molecule has 9 nitrogen and oxygen atoms in total. The summed E-state index contributed by atoms with van der Waals surface area (Å²) in [6, 6.07) is 8.35. The molecule has 0 saturated carbocycles. The Bertz CT molecular complexity index is 1020. The summed E-state index contributed by atoms with van der Waals surface area (Å²) >= 11 is 0. The molecule has 2 N–H and O–H groups in total. The molecule has 0 amide bonds. The summed E-state index contributed by atoms with van der Waals surface area (Å²) in [6.45, 7) is 6.15. The zero-order chi connectivity index (χ0) is 29.1. The van der Waals surface area contributed by atoms with Gasteiger partial charge in [0.2, 0.25) is 0 Å². The molecule has 1 aliphatic heterocycles. The van der Waals surface area contributed by atoms with Crippen LogP contribution in [0.4, 0.5) is 32.2 Å². The van der Waals surface area contributed by atoms with E-state index in [2.05, 4.69) is 45.9 Å². The van der Waals surface area contributed by atoms with Crippen LogP contribution in [-0.2, 0) is 29.0 Å². The summed E-state index contributed by atoms with van der Waals surface area (Å²) in [5.74, 6) is -3.52. The van der Waals surface area contributed by atoms with Gasteiger partial charge in [0.1, 0.15) is 17.9 Å². The molecule has 2 heterocycles. The van der Waals surface area contributed by atoms with Crippen LogP contribution in [0.1, 0.15) is 23.7 Å². The lowest BCUT2D eigenvalue weighted by atomic mass is 10.1. The van der Waals surface area contributed by atoms with Crippen LogP contribution in [0, 0.1) is 0 Å². The van der Waals surface area contributed by atoms with Crippen LogP contribution in [0.3, 0.4) is 0 Å². The third kappa shape index (κ3) is 10.8. The summed E-state index contributed by atoms with van der Waals surface area (Å²) in [7, 11) is 3.80. The van der Waals surface area contributed by atoms with Crippen molar-refractivity contribution in [2.75, 3.05) is 38.7 Å². The predicted molar refractivity (Wildman–Crippen MR) is 124 cm³/mol. The fourth-order valence-electron chi connectivity index (χ4n) is 3.18. The first-order valence-electron chi connectivity index (χ1n) is 11.1. The van der Waals surface area contributed by atoms with Gasteiger partial charge in [0.25, 0.3) is 0 Å². The van der Waals surface area contributed by atoms with Crippen molar-refractivity contribution in [2.24, 2.45) is 0 Å². The second-order valence-electron chi connectivity index (χ2n) is 7.87. The Morgan fingerprint density at radius 2 is 1.47 bits per heavy atom. The quantitative estimate of drug-likeness (QED) is 0.533. The molecule has 0 bridgehead atoms. The fraction of sp³-hybridized carbons (Fsp3) is 0.478. The molecule has 0 radical (unpaired) electrons. The van der Waals surface area contributed by atoms with Gasteiger partial charge in [0.15, 0.2) is 0 Å². The minimum absolute atomic E-state index is 0.907. The Morgan fingerprint density at radius 3 is 1.92 bits per heavy atom. The Balaban J connectivity index is 0.000000426. The van der Waals surface area contributed by atoms with Gasteiger partial charge in [-0.25, -0.2) is 19.6 Å². The van der Waals surface area contributed by atoms with Crippen molar-refractivity contribution < 1.29 is 50.9 Å². The minimum atomic E-state index is -5.08. The monoisotopic (exact) mass is 554 g/mol. The number of methoxy groups -OCH3 is 1. The molecule has 1 aliphatic rings. The molecule has 1 aromatic carbocycles. The van der Waals surface area contributed by atoms with E-state index in [1.807, 2.05) is 12.1 Å². The second kappa shape index (κ2) is 14.4. The zero-order valence-corrected chi connectivity index (χ0v) is 20.8. The second-order valence-corrected chi connectivity index (χ2v) is 7.87. The highest BCUT2D eigenvalue weighted by atomic mass is 19.4. The number of carboxylic acids is 2. The summed E-state index contributed by atoms with van der Waals surface area (Å²) in [4.78, 5) is 31.6. The first kappa shape index (κ1) is 32.4. The Labute approximate surface area is 214 Å². The van der Waals surface area contributed by atoms with Crippen LogP contribution in [0.5, 0.6) is 5.75 Å². The van der Waals surface area contributed by atoms with E-state index in [9.17, 15) is 26.3 Å². The number of fused-ring (bicyclic) bond motifs is 1. The van der Waals surface area contributed by atoms with Gasteiger partial charge in [-0.3, -0.25) is 4.90 Å². The van der Waals surface area contributed by atoms with E-state index in [4.69, 9.17) is 24.5 Å². The number of halogens is 6. The molecule has 38 heavy (non-hydrogen) atoms. The third-order valence-corrected chi connectivity index (χ3v) is 5.24. The zero-order valence-electron chi connectivity index (χ0n) is 20.8. The summed E-state index contributed by atoms with van der Waals surface area (Å²) in [5, 5.41) is 14.2. The van der Waals surface area contributed by atoms with E-state index >= 15 is 0 Å². The van der Waals surface area contributed by atoms with Gasteiger partial charge in [-0.05, 0) is 31.0 Å². The minimum Gasteiger partial charge on any atom is -0.497 e. The number of carboxylic acid groups (broad SMARTS) is 2. The van der Waals surface area contributed by atoms with Gasteiger partial charge in [-0.2, -0.15) is 26.3 Å². The summed E-state index contributed by atoms with van der Waals surface area (Å²) in [6.07, 6.45) is -6.47. The lowest BCUT2D eigenvalue weighted by Gasteiger charge is -2.21. The molecule has 0 saturated heterocycles. The highest BCUT2D eigenvalue weighted by Gasteiger charge is 2.38. The largest absolute Gasteiger partial charge is 0.497 e. The number of anilines is 1. The Kier molecular flexibility index (Phi) is 12.2. The summed E-state index contributed by atoms with van der Waals surface area (Å²) < 4.78 is 68.7. The fourth-order valence-corrected chi connectivity index (χ4v) is 3.18. The SMILES string of the molecule is CCN(C)c1ncnc2c1CCN(Cc1ccc(OC)cc1)CC2.O=C(O)C(F)(F)F.O=C(O)C(F)(F)F. The van der Waals surface area contributed by atoms with Crippen LogP contribution in [-0.4, -0.2) is 83.2 Å². The lowest BCUT2D eigenvalue weighted by molar-refractivity contribution is -0.193. The van der Waals surface area contributed by atoms with Crippen LogP contribution in [0.15, 0.2) is 30.6 Å². The number of carbonyl (C=O) groups is 2. The topological polar surface area (TPSA) is 116 Å². The molecular formula is C23H28F6N4O5. The number of rotatable bonds is 5. The van der Waals surface area contributed by atoms with E-state index < -0.39 is 24.3 Å². The first-order chi connectivity index (χ1) is 17.6. The smallest absolute Gasteiger partial charge is 0.490 e. The van der Waals surface area contributed by atoms with Crippen molar-refractivity contribution in [3.8, 4) is 5.75 Å². The van der Waals surface area contributed by atoms with Crippen LogP contribution >= 0.6 is 0 Å². The van der Waals surface area contributed by atoms with Crippen molar-refractivity contribution in [2.45, 2.75) is 38.7 Å². The normalized spacial score (nSPS) is 13.5. The first-order valence-corrected chi connectivity index (χ1v) is 11.1. The van der Waals surface area contributed by atoms with Crippen molar-refractivity contribution in [1.82, 2.24) is 14.9 Å². The number of benzene rings is 1. The summed E-state index contributed by atoms with van der Waals surface area (Å²) in [5.41, 5.74) is 3.84. The third-order valence-electron chi connectivity index (χ3n) is 5.24. The van der Waals surface area contributed by atoms with Gasteiger partial charge < -0.3 is 19.8 Å². The van der Waals surface area contributed by atoms with Crippen LogP contribution in [0.25, 0.3) is 0 Å². The number of aliphatic carboxylic acids is 2. The number of alkyl halides is 6. The van der Waals surface area contributed by atoms with Crippen molar-refractivity contribution in [1.29, 1.82) is 0 Å². The van der Waals surface area contributed by atoms with Crippen molar-refractivity contribution in [3.05, 3.63) is 47.4 Å².